The largest absolute Gasteiger partial charge is 0.357 e. The van der Waals surface area contributed by atoms with Crippen LogP contribution in [0.3, 0.4) is 0 Å². The van der Waals surface area contributed by atoms with Crippen molar-refractivity contribution >= 4 is 29.9 Å². The van der Waals surface area contributed by atoms with Crippen molar-refractivity contribution in [2.45, 2.75) is 94.8 Å². The number of hydrogen-bond acceptors (Lipinski definition) is 4. The third-order valence-corrected chi connectivity index (χ3v) is 8.50. The van der Waals surface area contributed by atoms with Crippen LogP contribution in [0.15, 0.2) is 4.99 Å². The minimum atomic E-state index is 0. The fourth-order valence-corrected chi connectivity index (χ4v) is 6.45. The Bertz CT molecular complexity index is 556. The summed E-state index contributed by atoms with van der Waals surface area (Å²) in [4.78, 5) is 13.2. The lowest BCUT2D eigenvalue weighted by Gasteiger charge is -2.49. The quantitative estimate of drug-likeness (QED) is 0.315. The molecular weight excluding hydrogens is 499 g/mol. The number of aliphatic imine (C=N–C) groups is 1. The van der Waals surface area contributed by atoms with Crippen molar-refractivity contribution in [3.8, 4) is 0 Å². The minimum Gasteiger partial charge on any atom is -0.357 e. The first-order valence-electron chi connectivity index (χ1n) is 12.8. The zero-order chi connectivity index (χ0) is 21.0. The molecule has 0 amide bonds. The summed E-state index contributed by atoms with van der Waals surface area (Å²) in [6, 6.07) is 2.08. The van der Waals surface area contributed by atoms with Gasteiger partial charge in [-0.2, -0.15) is 0 Å². The van der Waals surface area contributed by atoms with Crippen LogP contribution in [-0.2, 0) is 0 Å². The van der Waals surface area contributed by atoms with Crippen molar-refractivity contribution < 1.29 is 0 Å². The summed E-state index contributed by atoms with van der Waals surface area (Å²) < 4.78 is 0. The predicted molar refractivity (Wildman–Crippen MR) is 142 cm³/mol. The highest BCUT2D eigenvalue weighted by molar-refractivity contribution is 14.0. The van der Waals surface area contributed by atoms with Gasteiger partial charge in [-0.25, -0.2) is 0 Å². The number of guanidine groups is 1. The standard InChI is InChI=1S/C24H46N6.HI/c1-4-25-23(27-20-17-21-9-8-10-22(18-20)29(21)3)26-19-24(11-15-28(2)16-12-24)30-13-6-5-7-14-30;/h20-22H,4-19H2,1-3H3,(H2,25,26,27);1H. The fraction of sp³-hybridized carbons (Fsp3) is 0.958. The van der Waals surface area contributed by atoms with Gasteiger partial charge in [0, 0.05) is 30.2 Å². The Kier molecular flexibility index (Phi) is 9.74. The molecule has 180 valence electrons. The zero-order valence-corrected chi connectivity index (χ0v) is 22.6. The third kappa shape index (κ3) is 6.27. The van der Waals surface area contributed by atoms with Crippen LogP contribution in [-0.4, -0.2) is 97.7 Å². The van der Waals surface area contributed by atoms with Crippen LogP contribution in [0.5, 0.6) is 0 Å². The molecule has 6 nitrogen and oxygen atoms in total. The maximum atomic E-state index is 5.24. The summed E-state index contributed by atoms with van der Waals surface area (Å²) in [7, 11) is 4.61. The Morgan fingerprint density at radius 2 is 1.58 bits per heavy atom. The first-order valence-corrected chi connectivity index (χ1v) is 12.8. The number of rotatable bonds is 5. The van der Waals surface area contributed by atoms with Gasteiger partial charge >= 0.3 is 0 Å². The van der Waals surface area contributed by atoms with Crippen LogP contribution in [0, 0.1) is 0 Å². The van der Waals surface area contributed by atoms with E-state index in [2.05, 4.69) is 46.4 Å². The highest BCUT2D eigenvalue weighted by atomic mass is 127. The summed E-state index contributed by atoms with van der Waals surface area (Å²) in [5.74, 6) is 1.06. The topological polar surface area (TPSA) is 46.1 Å². The summed E-state index contributed by atoms with van der Waals surface area (Å²) >= 11 is 0. The molecule has 4 saturated heterocycles. The third-order valence-electron chi connectivity index (χ3n) is 8.50. The molecule has 7 heteroatoms. The van der Waals surface area contributed by atoms with Gasteiger partial charge in [-0.1, -0.05) is 12.8 Å². The number of nitrogens with zero attached hydrogens (tertiary/aromatic N) is 4. The van der Waals surface area contributed by atoms with Crippen LogP contribution in [0.1, 0.15) is 71.1 Å². The summed E-state index contributed by atoms with van der Waals surface area (Å²) in [5.41, 5.74) is 0.262. The van der Waals surface area contributed by atoms with Crippen molar-refractivity contribution in [1.29, 1.82) is 0 Å². The molecule has 0 aromatic carbocycles. The van der Waals surface area contributed by atoms with Crippen LogP contribution in [0.2, 0.25) is 0 Å². The number of likely N-dealkylation sites (tertiary alicyclic amines) is 2. The monoisotopic (exact) mass is 546 g/mol. The van der Waals surface area contributed by atoms with E-state index in [1.807, 2.05) is 0 Å². The average molecular weight is 547 g/mol. The normalized spacial score (nSPS) is 32.9. The second-order valence-corrected chi connectivity index (χ2v) is 10.5. The van der Waals surface area contributed by atoms with Gasteiger partial charge in [0.2, 0.25) is 0 Å². The molecule has 0 saturated carbocycles. The molecular formula is C24H47IN6. The van der Waals surface area contributed by atoms with Crippen molar-refractivity contribution in [1.82, 2.24) is 25.3 Å². The van der Waals surface area contributed by atoms with Crippen LogP contribution >= 0.6 is 24.0 Å². The first kappa shape index (κ1) is 25.5. The Balaban J connectivity index is 0.00000272. The van der Waals surface area contributed by atoms with E-state index in [9.17, 15) is 0 Å². The number of halogens is 1. The van der Waals surface area contributed by atoms with Crippen molar-refractivity contribution in [2.24, 2.45) is 4.99 Å². The second kappa shape index (κ2) is 11.8. The zero-order valence-electron chi connectivity index (χ0n) is 20.2. The van der Waals surface area contributed by atoms with E-state index in [0.29, 0.717) is 6.04 Å². The van der Waals surface area contributed by atoms with Gasteiger partial charge in [0.05, 0.1) is 6.54 Å². The molecule has 2 bridgehead atoms. The van der Waals surface area contributed by atoms with Crippen LogP contribution < -0.4 is 10.6 Å². The average Bonchev–Trinajstić information content (AvgIpc) is 2.75. The molecule has 4 fully saturated rings. The molecule has 0 aromatic heterocycles. The lowest BCUT2D eigenvalue weighted by molar-refractivity contribution is 0.0207. The molecule has 4 aliphatic heterocycles. The number of hydrogen-bond donors (Lipinski definition) is 2. The molecule has 0 aliphatic carbocycles. The van der Waals surface area contributed by atoms with Gasteiger partial charge in [0.25, 0.3) is 0 Å². The predicted octanol–water partition coefficient (Wildman–Crippen LogP) is 3.13. The maximum absolute atomic E-state index is 5.24. The summed E-state index contributed by atoms with van der Waals surface area (Å²) in [5, 5.41) is 7.43. The van der Waals surface area contributed by atoms with Gasteiger partial charge < -0.3 is 20.4 Å². The molecule has 2 unspecified atom stereocenters. The first-order chi connectivity index (χ1) is 14.6. The molecule has 4 heterocycles. The van der Waals surface area contributed by atoms with Gasteiger partial charge in [-0.3, -0.25) is 9.89 Å². The highest BCUT2D eigenvalue weighted by Crippen LogP contribution is 2.33. The highest BCUT2D eigenvalue weighted by Gasteiger charge is 2.40. The molecule has 31 heavy (non-hydrogen) atoms. The molecule has 0 radical (unpaired) electrons. The van der Waals surface area contributed by atoms with Crippen molar-refractivity contribution in [3.63, 3.8) is 0 Å². The van der Waals surface area contributed by atoms with Crippen molar-refractivity contribution in [2.75, 3.05) is 53.4 Å². The smallest absolute Gasteiger partial charge is 0.191 e. The number of nitrogens with one attached hydrogen (secondary N) is 2. The lowest BCUT2D eigenvalue weighted by atomic mass is 9.82. The Labute approximate surface area is 208 Å². The molecule has 4 aliphatic rings. The van der Waals surface area contributed by atoms with Crippen LogP contribution in [0.25, 0.3) is 0 Å². The molecule has 2 atom stereocenters. The SMILES string of the molecule is CCNC(=NCC1(N2CCCCC2)CCN(C)CC1)NC1CC2CCCC(C1)N2C.I. The Hall–Kier alpha value is -0.120. The van der Waals surface area contributed by atoms with E-state index in [1.165, 1.54) is 90.4 Å². The maximum Gasteiger partial charge on any atom is 0.191 e. The fourth-order valence-electron chi connectivity index (χ4n) is 6.45. The van der Waals surface area contributed by atoms with Gasteiger partial charge in [0.15, 0.2) is 5.96 Å². The Morgan fingerprint density at radius 1 is 0.935 bits per heavy atom. The lowest BCUT2D eigenvalue weighted by Crippen LogP contribution is -2.59. The molecule has 2 N–H and O–H groups in total. The van der Waals surface area contributed by atoms with E-state index in [1.54, 1.807) is 0 Å². The van der Waals surface area contributed by atoms with E-state index < -0.39 is 0 Å². The summed E-state index contributed by atoms with van der Waals surface area (Å²) in [6.07, 6.45) is 13.3. The van der Waals surface area contributed by atoms with E-state index in [-0.39, 0.29) is 29.5 Å². The van der Waals surface area contributed by atoms with Gasteiger partial charge in [-0.05, 0) is 98.6 Å². The Morgan fingerprint density at radius 3 is 2.19 bits per heavy atom. The van der Waals surface area contributed by atoms with E-state index >= 15 is 0 Å². The van der Waals surface area contributed by atoms with E-state index in [4.69, 9.17) is 4.99 Å². The van der Waals surface area contributed by atoms with Gasteiger partial charge in [0.1, 0.15) is 0 Å². The molecule has 4 rings (SSSR count). The molecule has 0 aromatic rings. The molecule has 0 spiro atoms. The second-order valence-electron chi connectivity index (χ2n) is 10.5. The number of piperidine rings is 4. The van der Waals surface area contributed by atoms with Gasteiger partial charge in [-0.15, -0.1) is 24.0 Å². The van der Waals surface area contributed by atoms with Crippen LogP contribution in [0.4, 0.5) is 0 Å². The minimum absolute atomic E-state index is 0. The van der Waals surface area contributed by atoms with Crippen molar-refractivity contribution in [3.05, 3.63) is 0 Å². The van der Waals surface area contributed by atoms with E-state index in [0.717, 1.165) is 31.1 Å². The number of fused-ring (bicyclic) bond motifs is 2. The summed E-state index contributed by atoms with van der Waals surface area (Å²) in [6.45, 7) is 9.00.